The molecule has 0 unspecified atom stereocenters. The normalized spacial score (nSPS) is 11.2. The fourth-order valence-corrected chi connectivity index (χ4v) is 4.49. The number of carbonyl (C=O) groups is 1. The zero-order chi connectivity index (χ0) is 20.9. The summed E-state index contributed by atoms with van der Waals surface area (Å²) in [6.45, 7) is -0.203. The van der Waals surface area contributed by atoms with Gasteiger partial charge in [-0.05, 0) is 52.3 Å². The van der Waals surface area contributed by atoms with Crippen LogP contribution in [0.4, 0.5) is 0 Å². The maximum Gasteiger partial charge on any atom is 0.338 e. The molecule has 3 aromatic rings. The largest absolute Gasteiger partial charge is 0.452 e. The van der Waals surface area contributed by atoms with E-state index in [0.29, 0.717) is 5.89 Å². The summed E-state index contributed by atoms with van der Waals surface area (Å²) in [7, 11) is -3.74. The Hall–Kier alpha value is -2.59. The second kappa shape index (κ2) is 9.27. The summed E-state index contributed by atoms with van der Waals surface area (Å²) < 4.78 is 37.9. The van der Waals surface area contributed by atoms with Crippen LogP contribution in [0.25, 0.3) is 10.8 Å². The standard InChI is InChI=1S/C17H13BrN4O5S2/c18-14-7-6-13(28-14)16-22-21-15(27-16)10-26-17(23)11-2-4-12(5-3-11)29(24,25)20-9-1-8-19/h2-7,20H,1,9-10H2. The molecule has 0 aliphatic carbocycles. The highest BCUT2D eigenvalue weighted by Crippen LogP contribution is 2.30. The van der Waals surface area contributed by atoms with Gasteiger partial charge < -0.3 is 9.15 Å². The van der Waals surface area contributed by atoms with Crippen molar-refractivity contribution in [2.75, 3.05) is 6.54 Å². The van der Waals surface area contributed by atoms with E-state index >= 15 is 0 Å². The Balaban J connectivity index is 1.59. The molecule has 0 aliphatic heterocycles. The molecule has 0 fully saturated rings. The van der Waals surface area contributed by atoms with E-state index in [1.54, 1.807) is 0 Å². The number of benzene rings is 1. The van der Waals surface area contributed by atoms with Gasteiger partial charge in [0.2, 0.25) is 10.0 Å². The number of hydrogen-bond acceptors (Lipinski definition) is 9. The van der Waals surface area contributed by atoms with E-state index in [2.05, 4.69) is 30.8 Å². The van der Waals surface area contributed by atoms with Gasteiger partial charge in [0.25, 0.3) is 11.8 Å². The molecule has 0 amide bonds. The molecular weight excluding hydrogens is 484 g/mol. The summed E-state index contributed by atoms with van der Waals surface area (Å²) >= 11 is 4.78. The quantitative estimate of drug-likeness (QED) is 0.371. The molecule has 3 rings (SSSR count). The van der Waals surface area contributed by atoms with Gasteiger partial charge in [-0.1, -0.05) is 0 Å². The fraction of sp³-hybridized carbons (Fsp3) is 0.176. The number of esters is 1. The predicted molar refractivity (Wildman–Crippen MR) is 106 cm³/mol. The van der Waals surface area contributed by atoms with Gasteiger partial charge in [0.05, 0.1) is 25.2 Å². The summed E-state index contributed by atoms with van der Waals surface area (Å²) in [5.41, 5.74) is 0.169. The van der Waals surface area contributed by atoms with Gasteiger partial charge in [0, 0.05) is 13.0 Å². The van der Waals surface area contributed by atoms with Gasteiger partial charge in [-0.25, -0.2) is 17.9 Å². The minimum atomic E-state index is -3.74. The van der Waals surface area contributed by atoms with Crippen LogP contribution < -0.4 is 4.72 Å². The zero-order valence-corrected chi connectivity index (χ0v) is 17.9. The van der Waals surface area contributed by atoms with E-state index < -0.39 is 16.0 Å². The van der Waals surface area contributed by atoms with E-state index in [1.165, 1.54) is 35.6 Å². The number of thiophene rings is 1. The van der Waals surface area contributed by atoms with E-state index in [9.17, 15) is 13.2 Å². The van der Waals surface area contributed by atoms with E-state index in [4.69, 9.17) is 14.4 Å². The number of halogens is 1. The second-order valence-corrected chi connectivity index (χ2v) is 9.74. The number of aromatic nitrogens is 2. The SMILES string of the molecule is N#CCCNS(=O)(=O)c1ccc(C(=O)OCc2nnc(-c3ccc(Br)s3)o2)cc1. The van der Waals surface area contributed by atoms with Crippen molar-refractivity contribution in [2.45, 2.75) is 17.9 Å². The van der Waals surface area contributed by atoms with Crippen molar-refractivity contribution in [1.82, 2.24) is 14.9 Å². The highest BCUT2D eigenvalue weighted by atomic mass is 79.9. The number of nitrogens with zero attached hydrogens (tertiary/aromatic N) is 3. The van der Waals surface area contributed by atoms with Crippen molar-refractivity contribution in [3.63, 3.8) is 0 Å². The highest BCUT2D eigenvalue weighted by Gasteiger charge is 2.16. The molecule has 0 spiro atoms. The lowest BCUT2D eigenvalue weighted by Crippen LogP contribution is -2.24. The highest BCUT2D eigenvalue weighted by molar-refractivity contribution is 9.11. The van der Waals surface area contributed by atoms with E-state index in [0.717, 1.165) is 8.66 Å². The van der Waals surface area contributed by atoms with Gasteiger partial charge in [0.1, 0.15) is 0 Å². The van der Waals surface area contributed by atoms with Crippen LogP contribution in [0.15, 0.2) is 49.5 Å². The molecule has 2 heterocycles. The molecule has 0 bridgehead atoms. The van der Waals surface area contributed by atoms with Crippen LogP contribution in [0.1, 0.15) is 22.7 Å². The van der Waals surface area contributed by atoms with Gasteiger partial charge in [0.15, 0.2) is 6.61 Å². The van der Waals surface area contributed by atoms with Crippen molar-refractivity contribution < 1.29 is 22.4 Å². The Morgan fingerprint density at radius 1 is 1.24 bits per heavy atom. The predicted octanol–water partition coefficient (Wildman–Crippen LogP) is 3.11. The molecule has 150 valence electrons. The van der Waals surface area contributed by atoms with Crippen molar-refractivity contribution in [1.29, 1.82) is 5.26 Å². The van der Waals surface area contributed by atoms with Gasteiger partial charge in [-0.15, -0.1) is 21.5 Å². The molecule has 0 saturated heterocycles. The monoisotopic (exact) mass is 496 g/mol. The molecule has 0 aliphatic rings. The molecule has 0 saturated carbocycles. The van der Waals surface area contributed by atoms with E-state index in [1.807, 2.05) is 18.2 Å². The smallest absolute Gasteiger partial charge is 0.338 e. The summed E-state index contributed by atoms with van der Waals surface area (Å²) in [6.07, 6.45) is 0.0603. The summed E-state index contributed by atoms with van der Waals surface area (Å²) in [5, 5.41) is 16.2. The third-order valence-electron chi connectivity index (χ3n) is 3.51. The molecule has 1 aromatic carbocycles. The van der Waals surface area contributed by atoms with Crippen LogP contribution in [0.3, 0.4) is 0 Å². The Kier molecular flexibility index (Phi) is 6.75. The number of nitrogens with one attached hydrogen (secondary N) is 1. The van der Waals surface area contributed by atoms with Crippen LogP contribution in [0, 0.1) is 11.3 Å². The van der Waals surface area contributed by atoms with Crippen molar-refractivity contribution in [3.8, 4) is 16.8 Å². The number of carbonyl (C=O) groups excluding carboxylic acids is 1. The Labute approximate surface area is 178 Å². The molecule has 1 N–H and O–H groups in total. The van der Waals surface area contributed by atoms with Gasteiger partial charge in [-0.3, -0.25) is 0 Å². The molecule has 29 heavy (non-hydrogen) atoms. The lowest BCUT2D eigenvalue weighted by atomic mass is 10.2. The summed E-state index contributed by atoms with van der Waals surface area (Å²) in [6, 6.07) is 10.8. The Bertz CT molecular complexity index is 1150. The average molecular weight is 497 g/mol. The number of sulfonamides is 1. The topological polar surface area (TPSA) is 135 Å². The zero-order valence-electron chi connectivity index (χ0n) is 14.7. The first kappa shape index (κ1) is 21.1. The van der Waals surface area contributed by atoms with Crippen LogP contribution >= 0.6 is 27.3 Å². The van der Waals surface area contributed by atoms with Crippen molar-refractivity contribution in [2.24, 2.45) is 0 Å². The first-order valence-corrected chi connectivity index (χ1v) is 11.2. The average Bonchev–Trinajstić information content (AvgIpc) is 3.35. The Morgan fingerprint density at radius 2 is 2.00 bits per heavy atom. The van der Waals surface area contributed by atoms with Gasteiger partial charge >= 0.3 is 5.97 Å². The maximum atomic E-state index is 12.2. The van der Waals surface area contributed by atoms with Crippen LogP contribution in [-0.4, -0.2) is 31.1 Å². The molecule has 0 radical (unpaired) electrons. The van der Waals surface area contributed by atoms with Crippen molar-refractivity contribution in [3.05, 3.63) is 51.6 Å². The van der Waals surface area contributed by atoms with Gasteiger partial charge in [-0.2, -0.15) is 5.26 Å². The molecule has 9 nitrogen and oxygen atoms in total. The third-order valence-corrected chi connectivity index (χ3v) is 6.60. The van der Waals surface area contributed by atoms with E-state index in [-0.39, 0.29) is 35.9 Å². The van der Waals surface area contributed by atoms with Crippen molar-refractivity contribution >= 4 is 43.3 Å². The molecule has 2 aromatic heterocycles. The summed E-state index contributed by atoms with van der Waals surface area (Å²) in [4.78, 5) is 12.9. The number of rotatable bonds is 8. The minimum Gasteiger partial charge on any atom is -0.452 e. The second-order valence-electron chi connectivity index (χ2n) is 5.51. The Morgan fingerprint density at radius 3 is 2.66 bits per heavy atom. The number of hydrogen-bond donors (Lipinski definition) is 1. The molecular formula is C17H13BrN4O5S2. The lowest BCUT2D eigenvalue weighted by Gasteiger charge is -2.06. The minimum absolute atomic E-state index is 0.0111. The maximum absolute atomic E-state index is 12.2. The van der Waals surface area contributed by atoms with Crippen LogP contribution in [0.5, 0.6) is 0 Å². The third kappa shape index (κ3) is 5.48. The molecule has 12 heteroatoms. The first-order valence-electron chi connectivity index (χ1n) is 8.11. The number of ether oxygens (including phenoxy) is 1. The van der Waals surface area contributed by atoms with Crippen LogP contribution in [0.2, 0.25) is 0 Å². The first-order chi connectivity index (χ1) is 13.9. The van der Waals surface area contributed by atoms with Crippen LogP contribution in [-0.2, 0) is 21.4 Å². The summed E-state index contributed by atoms with van der Waals surface area (Å²) in [5.74, 6) is -0.200. The fourth-order valence-electron chi connectivity index (χ4n) is 2.15. The molecule has 0 atom stereocenters. The number of nitriles is 1. The lowest BCUT2D eigenvalue weighted by molar-refractivity contribution is 0.0438.